The highest BCUT2D eigenvalue weighted by atomic mass is 35.5. The van der Waals surface area contributed by atoms with Gasteiger partial charge >= 0.3 is 0 Å². The zero-order valence-electron chi connectivity index (χ0n) is 12.2. The molecule has 0 saturated carbocycles. The molecule has 0 bridgehead atoms. The van der Waals surface area contributed by atoms with Crippen LogP contribution in [0.15, 0.2) is 42.5 Å². The summed E-state index contributed by atoms with van der Waals surface area (Å²) in [7, 11) is 0. The Kier molecular flexibility index (Phi) is 5.77. The molecule has 112 valence electrons. The van der Waals surface area contributed by atoms with Crippen molar-refractivity contribution in [2.24, 2.45) is 5.92 Å². The van der Waals surface area contributed by atoms with Gasteiger partial charge in [-0.25, -0.2) is 0 Å². The maximum Gasteiger partial charge on any atom is 0.124 e. The lowest BCUT2D eigenvalue weighted by Crippen LogP contribution is -2.08. The first-order valence-corrected chi connectivity index (χ1v) is 7.71. The molecule has 0 aliphatic rings. The van der Waals surface area contributed by atoms with Crippen LogP contribution in [0.1, 0.15) is 19.4 Å². The lowest BCUT2D eigenvalue weighted by molar-refractivity contribution is 0.269. The van der Waals surface area contributed by atoms with E-state index in [1.54, 1.807) is 6.07 Å². The van der Waals surface area contributed by atoms with Crippen molar-refractivity contribution in [1.82, 2.24) is 0 Å². The van der Waals surface area contributed by atoms with Gasteiger partial charge in [0, 0.05) is 17.8 Å². The Morgan fingerprint density at radius 1 is 1.05 bits per heavy atom. The second kappa shape index (κ2) is 7.58. The lowest BCUT2D eigenvalue weighted by atomic mass is 10.2. The highest BCUT2D eigenvalue weighted by molar-refractivity contribution is 6.42. The van der Waals surface area contributed by atoms with Gasteiger partial charge < -0.3 is 10.1 Å². The van der Waals surface area contributed by atoms with E-state index in [-0.39, 0.29) is 0 Å². The fraction of sp³-hybridized carbons (Fsp3) is 0.294. The highest BCUT2D eigenvalue weighted by Gasteiger charge is 2.05. The van der Waals surface area contributed by atoms with Crippen molar-refractivity contribution in [3.05, 3.63) is 58.1 Å². The summed E-state index contributed by atoms with van der Waals surface area (Å²) >= 11 is 11.9. The summed E-state index contributed by atoms with van der Waals surface area (Å²) in [6, 6.07) is 13.6. The van der Waals surface area contributed by atoms with E-state index in [2.05, 4.69) is 25.2 Å². The number of rotatable bonds is 6. The minimum atomic E-state index is 0.501. The van der Waals surface area contributed by atoms with E-state index in [1.165, 1.54) is 0 Å². The molecule has 2 rings (SSSR count). The second-order valence-electron chi connectivity index (χ2n) is 5.30. The quantitative estimate of drug-likeness (QED) is 0.742. The third-order valence-electron chi connectivity index (χ3n) is 2.95. The summed E-state index contributed by atoms with van der Waals surface area (Å²) < 4.78 is 5.84. The Bertz CT molecular complexity index is 599. The SMILES string of the molecule is CC(C)COc1ccccc1CNc1ccc(Cl)c(Cl)c1. The Hall–Kier alpha value is -1.38. The monoisotopic (exact) mass is 323 g/mol. The standard InChI is InChI=1S/C17H19Cl2NO/c1-12(2)11-21-17-6-4-3-5-13(17)10-20-14-7-8-15(18)16(19)9-14/h3-9,12,20H,10-11H2,1-2H3. The first-order valence-electron chi connectivity index (χ1n) is 6.96. The second-order valence-corrected chi connectivity index (χ2v) is 6.11. The molecule has 0 heterocycles. The van der Waals surface area contributed by atoms with Gasteiger partial charge in [0.05, 0.1) is 16.7 Å². The summed E-state index contributed by atoms with van der Waals surface area (Å²) in [4.78, 5) is 0. The third-order valence-corrected chi connectivity index (χ3v) is 3.69. The van der Waals surface area contributed by atoms with Crippen molar-refractivity contribution in [2.75, 3.05) is 11.9 Å². The minimum absolute atomic E-state index is 0.501. The number of ether oxygens (including phenoxy) is 1. The molecule has 2 aromatic carbocycles. The van der Waals surface area contributed by atoms with Gasteiger partial charge in [-0.2, -0.15) is 0 Å². The molecule has 21 heavy (non-hydrogen) atoms. The van der Waals surface area contributed by atoms with E-state index in [0.29, 0.717) is 29.1 Å². The first kappa shape index (κ1) is 16.0. The molecule has 2 nitrogen and oxygen atoms in total. The van der Waals surface area contributed by atoms with E-state index in [9.17, 15) is 0 Å². The van der Waals surface area contributed by atoms with E-state index < -0.39 is 0 Å². The van der Waals surface area contributed by atoms with Crippen molar-refractivity contribution < 1.29 is 4.74 Å². The van der Waals surface area contributed by atoms with Crippen molar-refractivity contribution in [1.29, 1.82) is 0 Å². The predicted octanol–water partition coefficient (Wildman–Crippen LogP) is 5.64. The van der Waals surface area contributed by atoms with Gasteiger partial charge in [0.1, 0.15) is 5.75 Å². The number of hydrogen-bond donors (Lipinski definition) is 1. The fourth-order valence-electron chi connectivity index (χ4n) is 1.85. The van der Waals surface area contributed by atoms with Crippen LogP contribution >= 0.6 is 23.2 Å². The Morgan fingerprint density at radius 3 is 2.52 bits per heavy atom. The van der Waals surface area contributed by atoms with Gasteiger partial charge in [-0.05, 0) is 30.2 Å². The largest absolute Gasteiger partial charge is 0.493 e. The summed E-state index contributed by atoms with van der Waals surface area (Å²) in [6.07, 6.45) is 0. The Morgan fingerprint density at radius 2 is 1.81 bits per heavy atom. The van der Waals surface area contributed by atoms with Crippen LogP contribution in [-0.2, 0) is 6.54 Å². The van der Waals surface area contributed by atoms with Crippen LogP contribution in [0.25, 0.3) is 0 Å². The van der Waals surface area contributed by atoms with E-state index in [0.717, 1.165) is 17.0 Å². The number of hydrogen-bond acceptors (Lipinski definition) is 2. The number of anilines is 1. The lowest BCUT2D eigenvalue weighted by Gasteiger charge is -2.14. The topological polar surface area (TPSA) is 21.3 Å². The average molecular weight is 324 g/mol. The molecule has 0 aliphatic carbocycles. The normalized spacial score (nSPS) is 10.7. The molecule has 0 atom stereocenters. The number of para-hydroxylation sites is 1. The van der Waals surface area contributed by atoms with Crippen molar-refractivity contribution >= 4 is 28.9 Å². The average Bonchev–Trinajstić information content (AvgIpc) is 2.47. The zero-order valence-corrected chi connectivity index (χ0v) is 13.7. The number of nitrogens with one attached hydrogen (secondary N) is 1. The van der Waals surface area contributed by atoms with Gasteiger partial charge in [0.2, 0.25) is 0 Å². The molecule has 0 aromatic heterocycles. The van der Waals surface area contributed by atoms with Crippen LogP contribution < -0.4 is 10.1 Å². The molecular formula is C17H19Cl2NO. The Balaban J connectivity index is 2.03. The zero-order chi connectivity index (χ0) is 15.2. The molecule has 0 saturated heterocycles. The highest BCUT2D eigenvalue weighted by Crippen LogP contribution is 2.26. The van der Waals surface area contributed by atoms with E-state index >= 15 is 0 Å². The molecule has 0 radical (unpaired) electrons. The fourth-order valence-corrected chi connectivity index (χ4v) is 2.15. The molecule has 0 unspecified atom stereocenters. The van der Waals surface area contributed by atoms with Crippen LogP contribution in [0.2, 0.25) is 10.0 Å². The molecule has 0 fully saturated rings. The maximum absolute atomic E-state index is 6.01. The maximum atomic E-state index is 6.01. The van der Waals surface area contributed by atoms with Crippen molar-refractivity contribution in [3.8, 4) is 5.75 Å². The summed E-state index contributed by atoms with van der Waals surface area (Å²) in [6.45, 7) is 5.66. The molecule has 1 N–H and O–H groups in total. The first-order chi connectivity index (χ1) is 10.1. The molecule has 4 heteroatoms. The van der Waals surface area contributed by atoms with Gasteiger partial charge in [0.15, 0.2) is 0 Å². The van der Waals surface area contributed by atoms with E-state index in [1.807, 2.05) is 30.3 Å². The number of benzene rings is 2. The van der Waals surface area contributed by atoms with Crippen LogP contribution in [-0.4, -0.2) is 6.61 Å². The Labute approximate surface area is 136 Å². The minimum Gasteiger partial charge on any atom is -0.493 e. The summed E-state index contributed by atoms with van der Waals surface area (Å²) in [5.41, 5.74) is 2.05. The van der Waals surface area contributed by atoms with Crippen LogP contribution in [0.5, 0.6) is 5.75 Å². The summed E-state index contributed by atoms with van der Waals surface area (Å²) in [5.74, 6) is 1.42. The smallest absolute Gasteiger partial charge is 0.124 e. The molecular weight excluding hydrogens is 305 g/mol. The third kappa shape index (κ3) is 4.83. The molecule has 2 aromatic rings. The van der Waals surface area contributed by atoms with Crippen LogP contribution in [0.4, 0.5) is 5.69 Å². The molecule has 0 amide bonds. The molecule has 0 spiro atoms. The van der Waals surface area contributed by atoms with Crippen LogP contribution in [0.3, 0.4) is 0 Å². The number of halogens is 2. The van der Waals surface area contributed by atoms with Gasteiger partial charge in [-0.1, -0.05) is 55.2 Å². The summed E-state index contributed by atoms with van der Waals surface area (Å²) in [5, 5.41) is 4.44. The van der Waals surface area contributed by atoms with Crippen LogP contribution in [0, 0.1) is 5.92 Å². The molecule has 0 aliphatic heterocycles. The van der Waals surface area contributed by atoms with Gasteiger partial charge in [-0.15, -0.1) is 0 Å². The van der Waals surface area contributed by atoms with Gasteiger partial charge in [0.25, 0.3) is 0 Å². The van der Waals surface area contributed by atoms with Crippen molar-refractivity contribution in [2.45, 2.75) is 20.4 Å². The van der Waals surface area contributed by atoms with E-state index in [4.69, 9.17) is 27.9 Å². The van der Waals surface area contributed by atoms with Crippen molar-refractivity contribution in [3.63, 3.8) is 0 Å². The predicted molar refractivity (Wildman–Crippen MR) is 90.6 cm³/mol. The van der Waals surface area contributed by atoms with Gasteiger partial charge in [-0.3, -0.25) is 0 Å².